The third kappa shape index (κ3) is 2.85. The SMILES string of the molecule is CC.CCCn1ccc2cc(Br)ccc21. The van der Waals surface area contributed by atoms with Crippen LogP contribution in [-0.4, -0.2) is 4.57 Å². The second-order valence-electron chi connectivity index (χ2n) is 3.21. The molecule has 0 bridgehead atoms. The molecule has 2 aromatic rings. The van der Waals surface area contributed by atoms with Crippen molar-refractivity contribution in [3.8, 4) is 0 Å². The number of halogens is 1. The molecule has 0 aliphatic heterocycles. The first-order chi connectivity index (χ1) is 7.31. The first-order valence-corrected chi connectivity index (χ1v) is 6.35. The topological polar surface area (TPSA) is 4.93 Å². The zero-order chi connectivity index (χ0) is 11.3. The third-order valence-corrected chi connectivity index (χ3v) is 2.69. The van der Waals surface area contributed by atoms with Gasteiger partial charge in [-0.1, -0.05) is 36.7 Å². The molecule has 15 heavy (non-hydrogen) atoms. The number of nitrogens with zero attached hydrogens (tertiary/aromatic N) is 1. The maximum Gasteiger partial charge on any atom is 0.0481 e. The average molecular weight is 268 g/mol. The molecule has 0 atom stereocenters. The van der Waals surface area contributed by atoms with Crippen LogP contribution in [-0.2, 0) is 6.54 Å². The van der Waals surface area contributed by atoms with Crippen molar-refractivity contribution in [2.75, 3.05) is 0 Å². The molecule has 0 saturated carbocycles. The molecule has 0 fully saturated rings. The van der Waals surface area contributed by atoms with Crippen LogP contribution in [0.3, 0.4) is 0 Å². The summed E-state index contributed by atoms with van der Waals surface area (Å²) >= 11 is 3.47. The van der Waals surface area contributed by atoms with Crippen LogP contribution in [0.4, 0.5) is 0 Å². The number of hydrogen-bond donors (Lipinski definition) is 0. The molecule has 0 aliphatic carbocycles. The van der Waals surface area contributed by atoms with E-state index in [2.05, 4.69) is 57.9 Å². The summed E-state index contributed by atoms with van der Waals surface area (Å²) in [4.78, 5) is 0. The number of aromatic nitrogens is 1. The molecule has 82 valence electrons. The van der Waals surface area contributed by atoms with Crippen LogP contribution in [0.15, 0.2) is 34.9 Å². The summed E-state index contributed by atoms with van der Waals surface area (Å²) in [7, 11) is 0. The van der Waals surface area contributed by atoms with E-state index in [9.17, 15) is 0 Å². The van der Waals surface area contributed by atoms with Crippen LogP contribution < -0.4 is 0 Å². The van der Waals surface area contributed by atoms with Gasteiger partial charge in [-0.25, -0.2) is 0 Å². The van der Waals surface area contributed by atoms with E-state index in [-0.39, 0.29) is 0 Å². The maximum atomic E-state index is 3.47. The Morgan fingerprint density at radius 1 is 1.20 bits per heavy atom. The lowest BCUT2D eigenvalue weighted by atomic mass is 10.2. The molecule has 2 heteroatoms. The third-order valence-electron chi connectivity index (χ3n) is 2.20. The Kier molecular flexibility index (Phi) is 4.89. The summed E-state index contributed by atoms with van der Waals surface area (Å²) < 4.78 is 3.44. The van der Waals surface area contributed by atoms with Crippen LogP contribution in [0.1, 0.15) is 27.2 Å². The van der Waals surface area contributed by atoms with Crippen molar-refractivity contribution in [2.24, 2.45) is 0 Å². The second-order valence-corrected chi connectivity index (χ2v) is 4.13. The lowest BCUT2D eigenvalue weighted by molar-refractivity contribution is 0.703. The van der Waals surface area contributed by atoms with Gasteiger partial charge in [0.25, 0.3) is 0 Å². The van der Waals surface area contributed by atoms with Crippen LogP contribution in [0.2, 0.25) is 0 Å². The van der Waals surface area contributed by atoms with Crippen molar-refractivity contribution >= 4 is 26.8 Å². The summed E-state index contributed by atoms with van der Waals surface area (Å²) in [5.74, 6) is 0. The minimum absolute atomic E-state index is 1.10. The van der Waals surface area contributed by atoms with E-state index in [0.717, 1.165) is 11.0 Å². The minimum atomic E-state index is 1.10. The summed E-state index contributed by atoms with van der Waals surface area (Å²) in [6.07, 6.45) is 3.33. The van der Waals surface area contributed by atoms with E-state index in [1.54, 1.807) is 0 Å². The summed E-state index contributed by atoms with van der Waals surface area (Å²) in [6, 6.07) is 8.57. The first kappa shape index (κ1) is 12.3. The zero-order valence-corrected chi connectivity index (χ0v) is 11.2. The van der Waals surface area contributed by atoms with Crippen LogP contribution in [0, 0.1) is 0 Å². The Bertz CT molecular complexity index is 417. The molecule has 0 N–H and O–H groups in total. The highest BCUT2D eigenvalue weighted by atomic mass is 79.9. The maximum absolute atomic E-state index is 3.47. The van der Waals surface area contributed by atoms with Gasteiger partial charge >= 0.3 is 0 Å². The van der Waals surface area contributed by atoms with Crippen molar-refractivity contribution in [3.05, 3.63) is 34.9 Å². The monoisotopic (exact) mass is 267 g/mol. The Labute approximate surface area is 100 Å². The highest BCUT2D eigenvalue weighted by molar-refractivity contribution is 9.10. The fourth-order valence-electron chi connectivity index (χ4n) is 1.61. The van der Waals surface area contributed by atoms with Crippen LogP contribution in [0.25, 0.3) is 10.9 Å². The minimum Gasteiger partial charge on any atom is -0.347 e. The predicted molar refractivity (Wildman–Crippen MR) is 71.3 cm³/mol. The highest BCUT2D eigenvalue weighted by Crippen LogP contribution is 2.20. The van der Waals surface area contributed by atoms with E-state index in [4.69, 9.17) is 0 Å². The molecule has 0 aliphatic rings. The number of aryl methyl sites for hydroxylation is 1. The van der Waals surface area contributed by atoms with Crippen molar-refractivity contribution < 1.29 is 0 Å². The van der Waals surface area contributed by atoms with E-state index < -0.39 is 0 Å². The molecular weight excluding hydrogens is 250 g/mol. The second kappa shape index (κ2) is 5.96. The predicted octanol–water partition coefficient (Wildman–Crippen LogP) is 4.84. The zero-order valence-electron chi connectivity index (χ0n) is 9.63. The van der Waals surface area contributed by atoms with Gasteiger partial charge in [0.15, 0.2) is 0 Å². The van der Waals surface area contributed by atoms with Crippen molar-refractivity contribution in [3.63, 3.8) is 0 Å². The van der Waals surface area contributed by atoms with Gasteiger partial charge in [-0.05, 0) is 30.7 Å². The molecule has 1 aromatic heterocycles. The van der Waals surface area contributed by atoms with Gasteiger partial charge in [-0.3, -0.25) is 0 Å². The first-order valence-electron chi connectivity index (χ1n) is 5.55. The summed E-state index contributed by atoms with van der Waals surface area (Å²) in [6.45, 7) is 7.30. The van der Waals surface area contributed by atoms with Crippen molar-refractivity contribution in [2.45, 2.75) is 33.7 Å². The molecule has 0 saturated heterocycles. The van der Waals surface area contributed by atoms with Gasteiger partial charge in [0.2, 0.25) is 0 Å². The Morgan fingerprint density at radius 3 is 2.60 bits per heavy atom. The van der Waals surface area contributed by atoms with Gasteiger partial charge < -0.3 is 4.57 Å². The quantitative estimate of drug-likeness (QED) is 0.734. The van der Waals surface area contributed by atoms with Crippen molar-refractivity contribution in [1.82, 2.24) is 4.57 Å². The number of rotatable bonds is 2. The molecule has 0 amide bonds. The molecular formula is C13H18BrN. The molecule has 0 radical (unpaired) electrons. The van der Waals surface area contributed by atoms with E-state index in [1.165, 1.54) is 17.3 Å². The summed E-state index contributed by atoms with van der Waals surface area (Å²) in [5, 5.41) is 1.31. The highest BCUT2D eigenvalue weighted by Gasteiger charge is 1.99. The Morgan fingerprint density at radius 2 is 1.93 bits per heavy atom. The van der Waals surface area contributed by atoms with E-state index >= 15 is 0 Å². The van der Waals surface area contributed by atoms with Gasteiger partial charge in [-0.2, -0.15) is 0 Å². The fraction of sp³-hybridized carbons (Fsp3) is 0.385. The molecule has 1 aromatic carbocycles. The largest absolute Gasteiger partial charge is 0.347 e. The van der Waals surface area contributed by atoms with Crippen LogP contribution >= 0.6 is 15.9 Å². The summed E-state index contributed by atoms with van der Waals surface area (Å²) in [5.41, 5.74) is 1.32. The van der Waals surface area contributed by atoms with E-state index in [0.29, 0.717) is 0 Å². The standard InChI is InChI=1S/C11H12BrN.C2H6/c1-2-6-13-7-5-9-8-10(12)3-4-11(9)13;1-2/h3-5,7-8H,2,6H2,1H3;1-2H3. The van der Waals surface area contributed by atoms with Gasteiger partial charge in [0.05, 0.1) is 0 Å². The lowest BCUT2D eigenvalue weighted by Crippen LogP contribution is -1.93. The molecule has 1 nitrogen and oxygen atoms in total. The van der Waals surface area contributed by atoms with Crippen molar-refractivity contribution in [1.29, 1.82) is 0 Å². The van der Waals surface area contributed by atoms with Gasteiger partial charge in [-0.15, -0.1) is 0 Å². The molecule has 0 spiro atoms. The molecule has 1 heterocycles. The number of benzene rings is 1. The fourth-order valence-corrected chi connectivity index (χ4v) is 1.99. The van der Waals surface area contributed by atoms with Crippen LogP contribution in [0.5, 0.6) is 0 Å². The number of hydrogen-bond acceptors (Lipinski definition) is 0. The average Bonchev–Trinajstić information content (AvgIpc) is 2.64. The van der Waals surface area contributed by atoms with Gasteiger partial charge in [0.1, 0.15) is 0 Å². The molecule has 0 unspecified atom stereocenters. The normalized spacial score (nSPS) is 9.87. The Hall–Kier alpha value is -0.760. The lowest BCUT2D eigenvalue weighted by Gasteiger charge is -2.02. The van der Waals surface area contributed by atoms with Gasteiger partial charge in [0, 0.05) is 28.1 Å². The smallest absolute Gasteiger partial charge is 0.0481 e. The number of fused-ring (bicyclic) bond motifs is 1. The van der Waals surface area contributed by atoms with E-state index in [1.807, 2.05) is 13.8 Å². The Balaban J connectivity index is 0.000000531. The molecule has 2 rings (SSSR count).